The maximum absolute atomic E-state index is 12.2. The van der Waals surface area contributed by atoms with E-state index in [1.54, 1.807) is 11.6 Å². The Morgan fingerprint density at radius 1 is 1.28 bits per heavy atom. The van der Waals surface area contributed by atoms with E-state index in [1.807, 2.05) is 38.1 Å². The van der Waals surface area contributed by atoms with Crippen LogP contribution in [0.4, 0.5) is 0 Å². The smallest absolute Gasteiger partial charge is 0.252 e. The highest BCUT2D eigenvalue weighted by Gasteiger charge is 2.12. The van der Waals surface area contributed by atoms with Crippen LogP contribution in [-0.2, 0) is 17.8 Å². The van der Waals surface area contributed by atoms with E-state index in [9.17, 15) is 4.79 Å². The first kappa shape index (κ1) is 16.9. The predicted octanol–water partition coefficient (Wildman–Crippen LogP) is 2.00. The Labute approximate surface area is 146 Å². The van der Waals surface area contributed by atoms with Crippen LogP contribution in [0.3, 0.4) is 0 Å². The quantitative estimate of drug-likeness (QED) is 0.743. The maximum atomic E-state index is 12.2. The minimum absolute atomic E-state index is 0.0107. The van der Waals surface area contributed by atoms with Crippen LogP contribution in [0.5, 0.6) is 5.75 Å². The number of aryl methyl sites for hydroxylation is 2. The second-order valence-electron chi connectivity index (χ2n) is 5.82. The average Bonchev–Trinajstić information content (AvgIpc) is 3.08. The van der Waals surface area contributed by atoms with E-state index in [-0.39, 0.29) is 5.91 Å². The van der Waals surface area contributed by atoms with Crippen molar-refractivity contribution in [2.45, 2.75) is 33.2 Å². The Balaban J connectivity index is 1.63. The molecule has 7 nitrogen and oxygen atoms in total. The van der Waals surface area contributed by atoms with Crippen LogP contribution in [0.25, 0.3) is 5.78 Å². The number of ether oxygens (including phenoxy) is 1. The number of hydrogen-bond acceptors (Lipinski definition) is 5. The third-order valence-corrected chi connectivity index (χ3v) is 4.26. The van der Waals surface area contributed by atoms with Crippen molar-refractivity contribution in [2.75, 3.05) is 7.11 Å². The molecule has 130 valence electrons. The average molecular weight is 339 g/mol. The number of methoxy groups -OCH3 is 1. The van der Waals surface area contributed by atoms with Gasteiger partial charge in [0.2, 0.25) is 5.91 Å². The number of benzene rings is 1. The number of fused-ring (bicyclic) bond motifs is 1. The number of nitrogens with zero attached hydrogens (tertiary/aromatic N) is 4. The molecule has 0 spiro atoms. The van der Waals surface area contributed by atoms with Gasteiger partial charge < -0.3 is 10.1 Å². The Morgan fingerprint density at radius 2 is 2.08 bits per heavy atom. The number of hydrogen-bond donors (Lipinski definition) is 1. The summed E-state index contributed by atoms with van der Waals surface area (Å²) >= 11 is 0. The van der Waals surface area contributed by atoms with E-state index in [4.69, 9.17) is 4.74 Å². The lowest BCUT2D eigenvalue weighted by atomic mass is 10.1. The minimum atomic E-state index is -0.0107. The zero-order valence-electron chi connectivity index (χ0n) is 14.6. The fourth-order valence-electron chi connectivity index (χ4n) is 2.89. The zero-order valence-corrected chi connectivity index (χ0v) is 14.6. The first-order valence-corrected chi connectivity index (χ1v) is 8.14. The van der Waals surface area contributed by atoms with Crippen LogP contribution in [-0.4, -0.2) is 32.6 Å². The van der Waals surface area contributed by atoms with Gasteiger partial charge in [0.25, 0.3) is 5.78 Å². The van der Waals surface area contributed by atoms with Crippen molar-refractivity contribution in [3.8, 4) is 5.75 Å². The molecular formula is C18H21N5O2. The van der Waals surface area contributed by atoms with Gasteiger partial charge in [-0.3, -0.25) is 4.79 Å². The molecule has 0 saturated carbocycles. The molecule has 25 heavy (non-hydrogen) atoms. The maximum Gasteiger partial charge on any atom is 0.252 e. The Hall–Kier alpha value is -2.96. The van der Waals surface area contributed by atoms with Crippen molar-refractivity contribution in [1.29, 1.82) is 0 Å². The predicted molar refractivity (Wildman–Crippen MR) is 93.4 cm³/mol. The van der Waals surface area contributed by atoms with Crippen LogP contribution in [0.2, 0.25) is 0 Å². The molecule has 0 saturated heterocycles. The SMILES string of the molecule is COc1ccccc1CNC(=O)CCc1c(C)nc2ncnn2c1C. The van der Waals surface area contributed by atoms with E-state index < -0.39 is 0 Å². The molecule has 0 unspecified atom stereocenters. The number of aromatic nitrogens is 4. The number of rotatable bonds is 6. The summed E-state index contributed by atoms with van der Waals surface area (Å²) in [5.41, 5.74) is 3.84. The van der Waals surface area contributed by atoms with Gasteiger partial charge in [-0.05, 0) is 31.9 Å². The molecule has 2 aromatic heterocycles. The largest absolute Gasteiger partial charge is 0.496 e. The molecule has 1 aromatic carbocycles. The molecule has 0 aliphatic carbocycles. The molecule has 1 N–H and O–H groups in total. The number of amides is 1. The van der Waals surface area contributed by atoms with Gasteiger partial charge in [-0.25, -0.2) is 9.50 Å². The highest BCUT2D eigenvalue weighted by atomic mass is 16.5. The fourth-order valence-corrected chi connectivity index (χ4v) is 2.89. The summed E-state index contributed by atoms with van der Waals surface area (Å²) < 4.78 is 7.00. The Morgan fingerprint density at radius 3 is 2.88 bits per heavy atom. The van der Waals surface area contributed by atoms with Crippen molar-refractivity contribution in [3.63, 3.8) is 0 Å². The van der Waals surface area contributed by atoms with Crippen LogP contribution in [0.1, 0.15) is 28.9 Å². The summed E-state index contributed by atoms with van der Waals surface area (Å²) in [5.74, 6) is 1.35. The van der Waals surface area contributed by atoms with E-state index in [1.165, 1.54) is 6.33 Å². The molecule has 3 aromatic rings. The first-order chi connectivity index (χ1) is 12.1. The highest BCUT2D eigenvalue weighted by molar-refractivity contribution is 5.76. The first-order valence-electron chi connectivity index (χ1n) is 8.14. The van der Waals surface area contributed by atoms with E-state index in [2.05, 4.69) is 20.4 Å². The summed E-state index contributed by atoms with van der Waals surface area (Å²) in [6.07, 6.45) is 2.48. The summed E-state index contributed by atoms with van der Waals surface area (Å²) in [7, 11) is 1.62. The van der Waals surface area contributed by atoms with Crippen molar-refractivity contribution in [2.24, 2.45) is 0 Å². The normalized spacial score (nSPS) is 10.8. The second kappa shape index (κ2) is 7.29. The van der Waals surface area contributed by atoms with Crippen LogP contribution in [0.15, 0.2) is 30.6 Å². The van der Waals surface area contributed by atoms with Gasteiger partial charge in [0, 0.05) is 29.9 Å². The van der Waals surface area contributed by atoms with Crippen molar-refractivity contribution >= 4 is 11.7 Å². The summed E-state index contributed by atoms with van der Waals surface area (Å²) in [6, 6.07) is 7.65. The van der Waals surface area contributed by atoms with E-state index in [0.29, 0.717) is 25.2 Å². The summed E-state index contributed by atoms with van der Waals surface area (Å²) in [4.78, 5) is 20.8. The zero-order chi connectivity index (χ0) is 17.8. The Kier molecular flexibility index (Phi) is 4.92. The number of carbonyl (C=O) groups is 1. The van der Waals surface area contributed by atoms with Gasteiger partial charge in [0.05, 0.1) is 7.11 Å². The van der Waals surface area contributed by atoms with Gasteiger partial charge in [-0.15, -0.1) is 0 Å². The molecule has 0 radical (unpaired) electrons. The van der Waals surface area contributed by atoms with Gasteiger partial charge in [-0.2, -0.15) is 10.1 Å². The molecule has 0 bridgehead atoms. The number of para-hydroxylation sites is 1. The molecule has 3 rings (SSSR count). The molecule has 2 heterocycles. The van der Waals surface area contributed by atoms with Gasteiger partial charge >= 0.3 is 0 Å². The lowest BCUT2D eigenvalue weighted by Gasteiger charge is -2.11. The number of nitrogens with one attached hydrogen (secondary N) is 1. The van der Waals surface area contributed by atoms with Crippen molar-refractivity contribution in [1.82, 2.24) is 24.9 Å². The topological polar surface area (TPSA) is 81.4 Å². The van der Waals surface area contributed by atoms with Crippen LogP contribution in [0, 0.1) is 13.8 Å². The summed E-state index contributed by atoms with van der Waals surface area (Å²) in [5, 5.41) is 7.11. The molecule has 1 amide bonds. The monoisotopic (exact) mass is 339 g/mol. The van der Waals surface area contributed by atoms with Crippen molar-refractivity contribution < 1.29 is 9.53 Å². The summed E-state index contributed by atoms with van der Waals surface area (Å²) in [6.45, 7) is 4.35. The molecule has 0 atom stereocenters. The molecular weight excluding hydrogens is 318 g/mol. The highest BCUT2D eigenvalue weighted by Crippen LogP contribution is 2.17. The lowest BCUT2D eigenvalue weighted by molar-refractivity contribution is -0.121. The van der Waals surface area contributed by atoms with Crippen molar-refractivity contribution in [3.05, 3.63) is 53.1 Å². The lowest BCUT2D eigenvalue weighted by Crippen LogP contribution is -2.23. The second-order valence-corrected chi connectivity index (χ2v) is 5.82. The third-order valence-electron chi connectivity index (χ3n) is 4.26. The van der Waals surface area contributed by atoms with Gasteiger partial charge in [-0.1, -0.05) is 18.2 Å². The number of carbonyl (C=O) groups excluding carboxylic acids is 1. The fraction of sp³-hybridized carbons (Fsp3) is 0.333. The minimum Gasteiger partial charge on any atom is -0.496 e. The van der Waals surface area contributed by atoms with Crippen LogP contribution >= 0.6 is 0 Å². The van der Waals surface area contributed by atoms with Gasteiger partial charge in [0.1, 0.15) is 12.1 Å². The standard InChI is InChI=1S/C18H21N5O2/c1-12-15(13(2)23-18(22-12)20-11-21-23)8-9-17(24)19-10-14-6-4-5-7-16(14)25-3/h4-7,11H,8-10H2,1-3H3,(H,19,24). The van der Waals surface area contributed by atoms with E-state index in [0.717, 1.165) is 28.3 Å². The van der Waals surface area contributed by atoms with Crippen LogP contribution < -0.4 is 10.1 Å². The Bertz CT molecular complexity index is 904. The van der Waals surface area contributed by atoms with E-state index >= 15 is 0 Å². The molecule has 0 aliphatic rings. The third kappa shape index (κ3) is 3.60. The molecule has 0 fully saturated rings. The molecule has 0 aliphatic heterocycles. The molecule has 7 heteroatoms. The van der Waals surface area contributed by atoms with Gasteiger partial charge in [0.15, 0.2) is 0 Å².